The minimum Gasteiger partial charge on any atom is -0.491 e. The molecular formula is C40H50N6O5S. The molecule has 5 rings (SSSR count). The third-order valence-electron chi connectivity index (χ3n) is 8.70. The van der Waals surface area contributed by atoms with Crippen LogP contribution in [0.25, 0.3) is 17.2 Å². The van der Waals surface area contributed by atoms with Crippen LogP contribution in [0, 0.1) is 5.92 Å². The van der Waals surface area contributed by atoms with Gasteiger partial charge in [0.05, 0.1) is 19.0 Å². The van der Waals surface area contributed by atoms with Gasteiger partial charge in [0.15, 0.2) is 0 Å². The zero-order valence-electron chi connectivity index (χ0n) is 30.7. The van der Waals surface area contributed by atoms with E-state index in [0.717, 1.165) is 90.1 Å². The van der Waals surface area contributed by atoms with Crippen LogP contribution in [-0.4, -0.2) is 71.1 Å². The first-order valence-electron chi connectivity index (χ1n) is 18.1. The van der Waals surface area contributed by atoms with E-state index in [1.165, 1.54) is 6.92 Å². The fraction of sp³-hybridized carbons (Fsp3) is 0.425. The summed E-state index contributed by atoms with van der Waals surface area (Å²) in [4.78, 5) is 33.1. The highest BCUT2D eigenvalue weighted by Gasteiger charge is 2.26. The van der Waals surface area contributed by atoms with E-state index in [1.807, 2.05) is 67.7 Å². The number of carbonyl (C=O) groups excluding carboxylic acids is 2. The van der Waals surface area contributed by atoms with Crippen LogP contribution in [0.4, 0.5) is 11.5 Å². The number of pyridine rings is 1. The second kappa shape index (κ2) is 19.8. The van der Waals surface area contributed by atoms with Gasteiger partial charge >= 0.3 is 5.97 Å². The number of rotatable bonds is 19. The molecule has 1 saturated heterocycles. The van der Waals surface area contributed by atoms with Crippen molar-refractivity contribution in [1.29, 1.82) is 0 Å². The largest absolute Gasteiger partial charge is 0.491 e. The molecule has 1 unspecified atom stereocenters. The number of ether oxygens (including phenoxy) is 3. The lowest BCUT2D eigenvalue weighted by Crippen LogP contribution is -2.23. The highest BCUT2D eigenvalue weighted by Crippen LogP contribution is 2.32. The van der Waals surface area contributed by atoms with Gasteiger partial charge in [-0.2, -0.15) is 0 Å². The first-order chi connectivity index (χ1) is 25.3. The lowest BCUT2D eigenvalue weighted by molar-refractivity contribution is -0.142. The number of nitrogens with zero attached hydrogens (tertiary/aromatic N) is 5. The zero-order chi connectivity index (χ0) is 36.7. The van der Waals surface area contributed by atoms with Gasteiger partial charge in [-0.05, 0) is 80.3 Å². The molecule has 0 bridgehead atoms. The lowest BCUT2D eigenvalue weighted by Gasteiger charge is -2.21. The Labute approximate surface area is 311 Å². The minimum atomic E-state index is -0.274. The fourth-order valence-electron chi connectivity index (χ4n) is 5.84. The number of hydrogen-bond acceptors (Lipinski definition) is 10. The van der Waals surface area contributed by atoms with Gasteiger partial charge in [0, 0.05) is 72.6 Å². The predicted molar refractivity (Wildman–Crippen MR) is 206 cm³/mol. The number of nitrogens with one attached hydrogen (secondary N) is 1. The molecule has 276 valence electrons. The number of benzene rings is 2. The van der Waals surface area contributed by atoms with Crippen molar-refractivity contribution in [3.8, 4) is 16.9 Å². The van der Waals surface area contributed by atoms with Crippen molar-refractivity contribution in [3.63, 3.8) is 0 Å². The minimum absolute atomic E-state index is 0.196. The summed E-state index contributed by atoms with van der Waals surface area (Å²) in [5, 5.41) is 11.3. The van der Waals surface area contributed by atoms with Gasteiger partial charge < -0.3 is 29.0 Å². The number of anilines is 2. The van der Waals surface area contributed by atoms with Crippen molar-refractivity contribution in [2.24, 2.45) is 5.92 Å². The molecule has 0 radical (unpaired) electrons. The second-order valence-corrected chi connectivity index (χ2v) is 14.0. The molecule has 3 heterocycles. The number of thioether (sulfide) groups is 1. The van der Waals surface area contributed by atoms with Gasteiger partial charge in [-0.15, -0.1) is 22.0 Å². The number of unbranched alkanes of at least 4 members (excludes halogenated alkanes) is 1. The van der Waals surface area contributed by atoms with Crippen LogP contribution in [0.5, 0.6) is 5.75 Å². The summed E-state index contributed by atoms with van der Waals surface area (Å²) in [6, 6.07) is 17.8. The molecule has 12 heteroatoms. The summed E-state index contributed by atoms with van der Waals surface area (Å²) >= 11 is 1.68. The van der Waals surface area contributed by atoms with Crippen LogP contribution >= 0.6 is 11.8 Å². The van der Waals surface area contributed by atoms with Crippen molar-refractivity contribution in [3.05, 3.63) is 84.1 Å². The van der Waals surface area contributed by atoms with Crippen LogP contribution < -0.4 is 15.0 Å². The molecule has 1 fully saturated rings. The predicted octanol–water partition coefficient (Wildman–Crippen LogP) is 7.67. The van der Waals surface area contributed by atoms with Gasteiger partial charge in [-0.25, -0.2) is 4.98 Å². The smallest absolute Gasteiger partial charge is 0.302 e. The molecule has 1 amide bonds. The van der Waals surface area contributed by atoms with E-state index in [2.05, 4.69) is 44.9 Å². The van der Waals surface area contributed by atoms with Crippen molar-refractivity contribution >= 4 is 41.2 Å². The number of carbonyl (C=O) groups is 2. The molecule has 1 aliphatic rings. The lowest BCUT2D eigenvalue weighted by atomic mass is 10.0. The Kier molecular flexibility index (Phi) is 14.7. The SMILES string of the molecule is CCCCOCCOc1ccc(-c2cnc(N3CCC(COC(C)=O)C3)c(/C=C(\C)C(=O)Nc3ccc(SCc4nncn4CCC)cc3)c2)cc1. The van der Waals surface area contributed by atoms with Crippen LogP contribution in [0.2, 0.25) is 0 Å². The Hall–Kier alpha value is -4.68. The van der Waals surface area contributed by atoms with Crippen LogP contribution in [0.1, 0.15) is 64.8 Å². The molecule has 1 N–H and O–H groups in total. The van der Waals surface area contributed by atoms with Crippen LogP contribution in [0.15, 0.2) is 77.6 Å². The Morgan fingerprint density at radius 1 is 1.00 bits per heavy atom. The molecule has 2 aromatic heterocycles. The maximum absolute atomic E-state index is 13.5. The van der Waals surface area contributed by atoms with E-state index >= 15 is 0 Å². The molecule has 0 aliphatic carbocycles. The summed E-state index contributed by atoms with van der Waals surface area (Å²) in [6.07, 6.45) is 9.61. The summed E-state index contributed by atoms with van der Waals surface area (Å²) in [6.45, 7) is 12.1. The van der Waals surface area contributed by atoms with Crippen LogP contribution in [0.3, 0.4) is 0 Å². The van der Waals surface area contributed by atoms with Crippen molar-refractivity contribution in [2.75, 3.05) is 49.7 Å². The average molecular weight is 727 g/mol. The Morgan fingerprint density at radius 2 is 1.81 bits per heavy atom. The summed E-state index contributed by atoms with van der Waals surface area (Å²) in [5.41, 5.74) is 4.01. The van der Waals surface area contributed by atoms with Gasteiger partial charge in [-0.3, -0.25) is 9.59 Å². The topological polar surface area (TPSA) is 121 Å². The van der Waals surface area contributed by atoms with Crippen LogP contribution in [-0.2, 0) is 31.4 Å². The maximum Gasteiger partial charge on any atom is 0.302 e. The van der Waals surface area contributed by atoms with E-state index in [0.29, 0.717) is 37.6 Å². The van der Waals surface area contributed by atoms with Gasteiger partial charge in [0.1, 0.15) is 30.3 Å². The molecule has 1 atom stereocenters. The van der Waals surface area contributed by atoms with Crippen molar-refractivity contribution in [1.82, 2.24) is 19.7 Å². The van der Waals surface area contributed by atoms with Gasteiger partial charge in [0.2, 0.25) is 0 Å². The van der Waals surface area contributed by atoms with E-state index in [-0.39, 0.29) is 17.8 Å². The normalized spacial score (nSPS) is 14.4. The van der Waals surface area contributed by atoms with Gasteiger partial charge in [-0.1, -0.05) is 32.4 Å². The number of aryl methyl sites for hydroxylation is 1. The molecule has 1 aliphatic heterocycles. The quantitative estimate of drug-likeness (QED) is 0.0446. The highest BCUT2D eigenvalue weighted by atomic mass is 32.2. The summed E-state index contributed by atoms with van der Waals surface area (Å²) in [5.74, 6) is 2.98. The molecule has 4 aromatic rings. The van der Waals surface area contributed by atoms with Crippen molar-refractivity contribution in [2.45, 2.75) is 70.6 Å². The first kappa shape index (κ1) is 38.5. The Morgan fingerprint density at radius 3 is 2.56 bits per heavy atom. The molecule has 0 saturated carbocycles. The van der Waals surface area contributed by atoms with E-state index in [9.17, 15) is 9.59 Å². The fourth-order valence-corrected chi connectivity index (χ4v) is 6.69. The van der Waals surface area contributed by atoms with Crippen molar-refractivity contribution < 1.29 is 23.8 Å². The number of hydrogen-bond donors (Lipinski definition) is 1. The molecule has 0 spiro atoms. The monoisotopic (exact) mass is 726 g/mol. The number of aromatic nitrogens is 4. The highest BCUT2D eigenvalue weighted by molar-refractivity contribution is 7.98. The first-order valence-corrected chi connectivity index (χ1v) is 19.1. The molecule has 2 aromatic carbocycles. The Bertz CT molecular complexity index is 1780. The number of amides is 1. The molecule has 11 nitrogen and oxygen atoms in total. The average Bonchev–Trinajstić information content (AvgIpc) is 3.82. The molecular weight excluding hydrogens is 677 g/mol. The maximum atomic E-state index is 13.5. The van der Waals surface area contributed by atoms with E-state index < -0.39 is 0 Å². The summed E-state index contributed by atoms with van der Waals surface area (Å²) in [7, 11) is 0. The zero-order valence-corrected chi connectivity index (χ0v) is 31.5. The third kappa shape index (κ3) is 11.4. The van der Waals surface area contributed by atoms with Gasteiger partial charge in [0.25, 0.3) is 5.91 Å². The van der Waals surface area contributed by atoms with E-state index in [4.69, 9.17) is 19.2 Å². The Balaban J connectivity index is 1.28. The molecule has 52 heavy (non-hydrogen) atoms. The number of esters is 1. The second-order valence-electron chi connectivity index (χ2n) is 12.9. The summed E-state index contributed by atoms with van der Waals surface area (Å²) < 4.78 is 18.9. The third-order valence-corrected chi connectivity index (χ3v) is 9.71. The standard InChI is InChI=1S/C40H50N6O5S/c1-5-7-19-49-20-21-50-36-12-8-32(9-13-36)34-23-33(39(41-24-34)45-18-16-31(25-45)26-51-30(4)47)22-29(3)40(48)43-35-10-14-37(15-11-35)52-27-38-44-42-28-46(38)17-6-2/h8-15,22-24,28,31H,5-7,16-21,25-27H2,1-4H3,(H,43,48)/b29-22+. The van der Waals surface area contributed by atoms with E-state index in [1.54, 1.807) is 18.1 Å².